The average Bonchev–Trinajstić information content (AvgIpc) is 0.722. The van der Waals surface area contributed by atoms with Crippen molar-refractivity contribution in [3.63, 3.8) is 0 Å². The Kier molecular flexibility index (Phi) is 42.8. The van der Waals surface area contributed by atoms with Gasteiger partial charge in [0.1, 0.15) is 0 Å². The van der Waals surface area contributed by atoms with Crippen molar-refractivity contribution in [2.24, 2.45) is 0 Å². The fourth-order valence-electron chi connectivity index (χ4n) is 0. The van der Waals surface area contributed by atoms with Crippen molar-refractivity contribution in [1.82, 2.24) is 0 Å². The topological polar surface area (TPSA) is 109 Å². The largest absolute Gasteiger partial charge is 0.466 e. The minimum atomic E-state index is -4.64. The van der Waals surface area contributed by atoms with Gasteiger partial charge in [-0.05, 0) is 0 Å². The zero-order chi connectivity index (χ0) is 4.50. The zero-order valence-electron chi connectivity index (χ0n) is 3.43. The first-order chi connectivity index (χ1) is 2.00. The monoisotopic (exact) mass is 253 g/mol. The molecule has 0 saturated heterocycles. The molecule has 0 heterocycles. The molecule has 0 aromatic rings. The maximum absolute atomic E-state index is 8.88. The van der Waals surface area contributed by atoms with Crippen LogP contribution in [0, 0.1) is 0 Å². The molecule has 0 aliphatic carbocycles. The van der Waals surface area contributed by atoms with Gasteiger partial charge in [0, 0.05) is 34.1 Å². The van der Waals surface area contributed by atoms with Crippen LogP contribution in [0.3, 0.4) is 0 Å². The van der Waals surface area contributed by atoms with Gasteiger partial charge < -0.3 is 20.2 Å². The summed E-state index contributed by atoms with van der Waals surface area (Å²) >= 11 is 0. The summed E-state index contributed by atoms with van der Waals surface area (Å²) in [5, 5.41) is 0. The quantitative estimate of drug-likeness (QED) is 0.323. The Labute approximate surface area is 89.2 Å². The van der Waals surface area contributed by atoms with Gasteiger partial charge in [0.25, 0.3) is 0 Å². The molecule has 0 aliphatic rings. The summed E-state index contributed by atoms with van der Waals surface area (Å²) in [7, 11) is -4.64. The van der Waals surface area contributed by atoms with Gasteiger partial charge in [0.05, 0.1) is 0 Å². The van der Waals surface area contributed by atoms with Gasteiger partial charge in [-0.25, -0.2) is 4.57 Å². The smallest absolute Gasteiger partial charge is 0.412 e. The molecule has 0 unspecified atom stereocenters. The van der Waals surface area contributed by atoms with E-state index in [0.29, 0.717) is 0 Å². The molecule has 59 valence electrons. The molecule has 0 bridgehead atoms. The summed E-state index contributed by atoms with van der Waals surface area (Å²) in [6, 6.07) is 0. The summed E-state index contributed by atoms with van der Waals surface area (Å²) in [6.45, 7) is 0. The van der Waals surface area contributed by atoms with Crippen LogP contribution in [0.5, 0.6) is 0 Å². The molecule has 1 radical (unpaired) electrons. The van der Waals surface area contributed by atoms with E-state index in [1.807, 2.05) is 0 Å². The zero-order valence-corrected chi connectivity index (χ0v) is 6.61. The maximum Gasteiger partial charge on any atom is 0.466 e. The Balaban J connectivity index is -0.0000000133. The van der Waals surface area contributed by atoms with Crippen LogP contribution in [0.2, 0.25) is 0 Å². The molecule has 9 heteroatoms. The van der Waals surface area contributed by atoms with Crippen LogP contribution in [0.25, 0.3) is 0 Å². The molecule has 0 saturated carbocycles. The van der Waals surface area contributed by atoms with Crippen LogP contribution in [0.15, 0.2) is 0 Å². The van der Waals surface area contributed by atoms with Crippen LogP contribution in [-0.4, -0.2) is 43.2 Å². The Morgan fingerprint density at radius 1 is 1.11 bits per heavy atom. The van der Waals surface area contributed by atoms with Crippen molar-refractivity contribution < 1.29 is 58.9 Å². The standard InChI is InChI=1S/Fe.Mg.Mn.H3O4P.H2O.2H/c;;;1-5(2,3)4;;;/h;;;(H3,1,2,3,4);1H2;;. The SMILES string of the molecule is O.O=P(O)(O)O.[Fe].[MgH2].[Mn]. The van der Waals surface area contributed by atoms with Crippen molar-refractivity contribution in [2.45, 2.75) is 0 Å². The molecular weight excluding hydrogens is 246 g/mol. The van der Waals surface area contributed by atoms with Gasteiger partial charge >= 0.3 is 30.9 Å². The summed E-state index contributed by atoms with van der Waals surface area (Å²) in [4.78, 5) is 21.6. The number of hydrogen-bond donors (Lipinski definition) is 3. The van der Waals surface area contributed by atoms with E-state index in [0.717, 1.165) is 0 Å². The van der Waals surface area contributed by atoms with Gasteiger partial charge in [0.2, 0.25) is 0 Å². The first-order valence-electron chi connectivity index (χ1n) is 0.783. The molecule has 0 rings (SSSR count). The third-order valence-corrected chi connectivity index (χ3v) is 0. The molecule has 0 atom stereocenters. The van der Waals surface area contributed by atoms with Gasteiger partial charge in [-0.1, -0.05) is 0 Å². The third-order valence-electron chi connectivity index (χ3n) is 0. The molecule has 5 N–H and O–H groups in total. The van der Waals surface area contributed by atoms with Crippen molar-refractivity contribution in [3.05, 3.63) is 0 Å². The van der Waals surface area contributed by atoms with Crippen LogP contribution in [0.4, 0.5) is 0 Å². The maximum atomic E-state index is 8.88. The summed E-state index contributed by atoms with van der Waals surface area (Å²) in [6.07, 6.45) is 0. The predicted molar refractivity (Wildman–Crippen MR) is 26.4 cm³/mol. The summed E-state index contributed by atoms with van der Waals surface area (Å²) in [5.41, 5.74) is 0. The van der Waals surface area contributed by atoms with E-state index in [1.165, 1.54) is 0 Å². The number of phosphoric acid groups is 1. The first kappa shape index (κ1) is 30.7. The van der Waals surface area contributed by atoms with Crippen molar-refractivity contribution in [3.8, 4) is 0 Å². The van der Waals surface area contributed by atoms with Gasteiger partial charge in [0.15, 0.2) is 0 Å². The fraction of sp³-hybridized carbons (Fsp3) is 0. The van der Waals surface area contributed by atoms with Crippen LogP contribution in [-0.2, 0) is 38.7 Å². The van der Waals surface area contributed by atoms with E-state index in [4.69, 9.17) is 19.2 Å². The van der Waals surface area contributed by atoms with Crippen molar-refractivity contribution in [1.29, 1.82) is 0 Å². The van der Waals surface area contributed by atoms with E-state index in [2.05, 4.69) is 0 Å². The van der Waals surface area contributed by atoms with Crippen molar-refractivity contribution in [2.75, 3.05) is 0 Å². The molecular formula is H7FeMgMnO5P. The van der Waals surface area contributed by atoms with E-state index in [1.54, 1.807) is 0 Å². The Morgan fingerprint density at radius 2 is 1.11 bits per heavy atom. The Hall–Kier alpha value is 1.88. The second-order valence-corrected chi connectivity index (χ2v) is 1.54. The van der Waals surface area contributed by atoms with Gasteiger partial charge in [-0.15, -0.1) is 0 Å². The Morgan fingerprint density at radius 3 is 1.11 bits per heavy atom. The van der Waals surface area contributed by atoms with Gasteiger partial charge in [-0.2, -0.15) is 0 Å². The van der Waals surface area contributed by atoms with Crippen LogP contribution in [0.1, 0.15) is 0 Å². The van der Waals surface area contributed by atoms with Crippen LogP contribution >= 0.6 is 7.82 Å². The number of rotatable bonds is 0. The van der Waals surface area contributed by atoms with E-state index in [9.17, 15) is 0 Å². The van der Waals surface area contributed by atoms with E-state index < -0.39 is 7.82 Å². The van der Waals surface area contributed by atoms with Crippen molar-refractivity contribution >= 4 is 30.9 Å². The molecule has 0 fully saturated rings. The molecule has 9 heavy (non-hydrogen) atoms. The normalized spacial score (nSPS) is 6.56. The average molecular weight is 253 g/mol. The fourth-order valence-corrected chi connectivity index (χ4v) is 0. The minimum absolute atomic E-state index is 0. The Bertz CT molecular complexity index is 63.1. The summed E-state index contributed by atoms with van der Waals surface area (Å²) < 4.78 is 8.88. The molecule has 0 amide bonds. The van der Waals surface area contributed by atoms with E-state index in [-0.39, 0.29) is 62.7 Å². The molecule has 0 aliphatic heterocycles. The second kappa shape index (κ2) is 12.5. The predicted octanol–water partition coefficient (Wildman–Crippen LogP) is -2.67. The minimum Gasteiger partial charge on any atom is -0.412 e. The van der Waals surface area contributed by atoms with Crippen LogP contribution < -0.4 is 0 Å². The second-order valence-electron chi connectivity index (χ2n) is 0.513. The molecule has 0 aromatic heterocycles. The number of hydrogen-bond acceptors (Lipinski definition) is 1. The molecule has 0 spiro atoms. The van der Waals surface area contributed by atoms with E-state index >= 15 is 0 Å². The third kappa shape index (κ3) is 174. The van der Waals surface area contributed by atoms with Gasteiger partial charge in [-0.3, -0.25) is 0 Å². The molecule has 5 nitrogen and oxygen atoms in total. The summed E-state index contributed by atoms with van der Waals surface area (Å²) in [5.74, 6) is 0. The molecule has 0 aromatic carbocycles. The first-order valence-corrected chi connectivity index (χ1v) is 2.35.